The first-order valence-electron chi connectivity index (χ1n) is 6.20. The number of nitrogens with one attached hydrogen (secondary N) is 1. The summed E-state index contributed by atoms with van der Waals surface area (Å²) in [5.41, 5.74) is 1.12. The van der Waals surface area contributed by atoms with E-state index in [-0.39, 0.29) is 6.04 Å². The van der Waals surface area contributed by atoms with Gasteiger partial charge in [0.15, 0.2) is 0 Å². The van der Waals surface area contributed by atoms with Crippen molar-refractivity contribution in [3.63, 3.8) is 0 Å². The van der Waals surface area contributed by atoms with E-state index in [0.29, 0.717) is 5.92 Å². The standard InChI is InChI=1S/C14H22ClNO/c1-5-16-11(4)13-7-6-12(8-14(13)15)17-9-10(2)3/h6-8,10-11,16H,5,9H2,1-4H3. The zero-order chi connectivity index (χ0) is 12.8. The highest BCUT2D eigenvalue weighted by molar-refractivity contribution is 6.31. The first kappa shape index (κ1) is 14.3. The molecule has 1 aromatic carbocycles. The maximum Gasteiger partial charge on any atom is 0.120 e. The summed E-state index contributed by atoms with van der Waals surface area (Å²) in [5, 5.41) is 4.11. The Hall–Kier alpha value is -0.730. The smallest absolute Gasteiger partial charge is 0.120 e. The van der Waals surface area contributed by atoms with Gasteiger partial charge >= 0.3 is 0 Å². The van der Waals surface area contributed by atoms with E-state index in [1.807, 2.05) is 18.2 Å². The Balaban J connectivity index is 2.72. The SMILES string of the molecule is CCNC(C)c1ccc(OCC(C)C)cc1Cl. The number of halogens is 1. The Morgan fingerprint density at radius 2 is 2.00 bits per heavy atom. The van der Waals surface area contributed by atoms with Gasteiger partial charge in [-0.05, 0) is 37.1 Å². The lowest BCUT2D eigenvalue weighted by molar-refractivity contribution is 0.271. The molecular weight excluding hydrogens is 234 g/mol. The average molecular weight is 256 g/mol. The van der Waals surface area contributed by atoms with Crippen LogP contribution in [-0.4, -0.2) is 13.2 Å². The molecule has 1 aromatic rings. The number of rotatable bonds is 6. The van der Waals surface area contributed by atoms with Crippen LogP contribution >= 0.6 is 11.6 Å². The third-order valence-electron chi connectivity index (χ3n) is 2.53. The molecule has 1 unspecified atom stereocenters. The van der Waals surface area contributed by atoms with Crippen LogP contribution in [0.1, 0.15) is 39.3 Å². The lowest BCUT2D eigenvalue weighted by atomic mass is 10.1. The van der Waals surface area contributed by atoms with Crippen LogP contribution in [0.15, 0.2) is 18.2 Å². The molecule has 1 rings (SSSR count). The lowest BCUT2D eigenvalue weighted by Crippen LogP contribution is -2.18. The summed E-state index contributed by atoms with van der Waals surface area (Å²) in [4.78, 5) is 0. The van der Waals surface area contributed by atoms with E-state index in [1.165, 1.54) is 0 Å². The van der Waals surface area contributed by atoms with Crippen molar-refractivity contribution < 1.29 is 4.74 Å². The van der Waals surface area contributed by atoms with Gasteiger partial charge in [0.25, 0.3) is 0 Å². The van der Waals surface area contributed by atoms with E-state index in [2.05, 4.69) is 33.0 Å². The fourth-order valence-corrected chi connectivity index (χ4v) is 1.96. The summed E-state index contributed by atoms with van der Waals surface area (Å²) < 4.78 is 5.64. The van der Waals surface area contributed by atoms with Gasteiger partial charge in [0, 0.05) is 11.1 Å². The highest BCUT2D eigenvalue weighted by atomic mass is 35.5. The third-order valence-corrected chi connectivity index (χ3v) is 2.86. The largest absolute Gasteiger partial charge is 0.493 e. The molecule has 1 N–H and O–H groups in total. The molecule has 2 nitrogen and oxygen atoms in total. The van der Waals surface area contributed by atoms with E-state index < -0.39 is 0 Å². The molecule has 0 amide bonds. The number of benzene rings is 1. The van der Waals surface area contributed by atoms with Crippen LogP contribution in [-0.2, 0) is 0 Å². The molecular formula is C14H22ClNO. The summed E-state index contributed by atoms with van der Waals surface area (Å²) in [6.07, 6.45) is 0. The van der Waals surface area contributed by atoms with Gasteiger partial charge in [0.05, 0.1) is 6.61 Å². The van der Waals surface area contributed by atoms with Crippen LogP contribution in [0, 0.1) is 5.92 Å². The Morgan fingerprint density at radius 3 is 2.53 bits per heavy atom. The third kappa shape index (κ3) is 4.57. The molecule has 0 aliphatic carbocycles. The van der Waals surface area contributed by atoms with Crippen molar-refractivity contribution in [3.8, 4) is 5.75 Å². The zero-order valence-corrected chi connectivity index (χ0v) is 11.8. The van der Waals surface area contributed by atoms with Gasteiger partial charge in [-0.25, -0.2) is 0 Å². The molecule has 1 atom stereocenters. The summed E-state index contributed by atoms with van der Waals surface area (Å²) in [6, 6.07) is 6.18. The summed E-state index contributed by atoms with van der Waals surface area (Å²) >= 11 is 6.26. The molecule has 0 aromatic heterocycles. The molecule has 0 heterocycles. The molecule has 0 aliphatic rings. The summed E-state index contributed by atoms with van der Waals surface area (Å²) in [5.74, 6) is 1.37. The van der Waals surface area contributed by atoms with Crippen LogP contribution in [0.3, 0.4) is 0 Å². The van der Waals surface area contributed by atoms with Crippen LogP contribution < -0.4 is 10.1 Å². The zero-order valence-electron chi connectivity index (χ0n) is 11.1. The van der Waals surface area contributed by atoms with Crippen molar-refractivity contribution >= 4 is 11.6 Å². The van der Waals surface area contributed by atoms with Crippen LogP contribution in [0.4, 0.5) is 0 Å². The fourth-order valence-electron chi connectivity index (χ4n) is 1.63. The molecule has 0 aliphatic heterocycles. The Morgan fingerprint density at radius 1 is 1.29 bits per heavy atom. The molecule has 96 valence electrons. The fraction of sp³-hybridized carbons (Fsp3) is 0.571. The molecule has 3 heteroatoms. The minimum absolute atomic E-state index is 0.270. The van der Waals surface area contributed by atoms with Gasteiger partial charge in [0.2, 0.25) is 0 Å². The highest BCUT2D eigenvalue weighted by Gasteiger charge is 2.09. The number of hydrogen-bond acceptors (Lipinski definition) is 2. The number of ether oxygens (including phenoxy) is 1. The normalized spacial score (nSPS) is 12.8. The molecule has 0 saturated carbocycles. The van der Waals surface area contributed by atoms with Crippen molar-refractivity contribution in [2.45, 2.75) is 33.7 Å². The monoisotopic (exact) mass is 255 g/mol. The van der Waals surface area contributed by atoms with Crippen molar-refractivity contribution in [1.82, 2.24) is 5.32 Å². The van der Waals surface area contributed by atoms with Crippen molar-refractivity contribution in [2.75, 3.05) is 13.2 Å². The quantitative estimate of drug-likeness (QED) is 0.828. The number of hydrogen-bond donors (Lipinski definition) is 1. The molecule has 0 saturated heterocycles. The van der Waals surface area contributed by atoms with Crippen LogP contribution in [0.2, 0.25) is 5.02 Å². The van der Waals surface area contributed by atoms with Crippen molar-refractivity contribution in [1.29, 1.82) is 0 Å². The van der Waals surface area contributed by atoms with E-state index in [0.717, 1.165) is 29.5 Å². The summed E-state index contributed by atoms with van der Waals surface area (Å²) in [7, 11) is 0. The van der Waals surface area contributed by atoms with E-state index in [9.17, 15) is 0 Å². The Bertz CT molecular complexity index is 352. The maximum absolute atomic E-state index is 6.26. The minimum Gasteiger partial charge on any atom is -0.493 e. The van der Waals surface area contributed by atoms with Crippen LogP contribution in [0.25, 0.3) is 0 Å². The lowest BCUT2D eigenvalue weighted by Gasteiger charge is -2.16. The van der Waals surface area contributed by atoms with Crippen molar-refractivity contribution in [2.24, 2.45) is 5.92 Å². The van der Waals surface area contributed by atoms with Gasteiger partial charge in [-0.2, -0.15) is 0 Å². The second-order valence-corrected chi connectivity index (χ2v) is 5.07. The predicted molar refractivity (Wildman–Crippen MR) is 73.9 cm³/mol. The van der Waals surface area contributed by atoms with Gasteiger partial charge < -0.3 is 10.1 Å². The molecule has 17 heavy (non-hydrogen) atoms. The highest BCUT2D eigenvalue weighted by Crippen LogP contribution is 2.27. The molecule has 0 bridgehead atoms. The minimum atomic E-state index is 0.270. The average Bonchev–Trinajstić information content (AvgIpc) is 2.26. The Kier molecular flexibility index (Phi) is 5.79. The first-order chi connectivity index (χ1) is 8.04. The van der Waals surface area contributed by atoms with Crippen molar-refractivity contribution in [3.05, 3.63) is 28.8 Å². The van der Waals surface area contributed by atoms with E-state index in [1.54, 1.807) is 0 Å². The second kappa shape index (κ2) is 6.87. The van der Waals surface area contributed by atoms with E-state index >= 15 is 0 Å². The Labute approximate surface area is 109 Å². The van der Waals surface area contributed by atoms with Gasteiger partial charge in [-0.15, -0.1) is 0 Å². The molecule has 0 fully saturated rings. The van der Waals surface area contributed by atoms with Crippen LogP contribution in [0.5, 0.6) is 5.75 Å². The van der Waals surface area contributed by atoms with Gasteiger partial charge in [-0.1, -0.05) is 38.4 Å². The second-order valence-electron chi connectivity index (χ2n) is 4.67. The maximum atomic E-state index is 6.26. The first-order valence-corrected chi connectivity index (χ1v) is 6.58. The molecule has 0 radical (unpaired) electrons. The predicted octanol–water partition coefficient (Wildman–Crippen LogP) is 4.05. The van der Waals surface area contributed by atoms with Gasteiger partial charge in [-0.3, -0.25) is 0 Å². The molecule has 0 spiro atoms. The topological polar surface area (TPSA) is 21.3 Å². The van der Waals surface area contributed by atoms with Gasteiger partial charge in [0.1, 0.15) is 5.75 Å². The summed E-state index contributed by atoms with van der Waals surface area (Å²) in [6.45, 7) is 10.1. The van der Waals surface area contributed by atoms with E-state index in [4.69, 9.17) is 16.3 Å².